The molecule has 0 bridgehead atoms. The maximum Gasteiger partial charge on any atom is 0.183 e. The van der Waals surface area contributed by atoms with Gasteiger partial charge < -0.3 is 5.32 Å². The van der Waals surface area contributed by atoms with Gasteiger partial charge in [0.15, 0.2) is 5.13 Å². The highest BCUT2D eigenvalue weighted by atomic mass is 32.1. The number of thiazole rings is 1. The molecule has 1 unspecified atom stereocenters. The van der Waals surface area contributed by atoms with Crippen molar-refractivity contribution in [2.24, 2.45) is 0 Å². The third-order valence-electron chi connectivity index (χ3n) is 2.51. The highest BCUT2D eigenvalue weighted by Crippen LogP contribution is 2.24. The van der Waals surface area contributed by atoms with Crippen LogP contribution in [0.15, 0.2) is 41.9 Å². The van der Waals surface area contributed by atoms with Crippen molar-refractivity contribution in [2.45, 2.75) is 25.8 Å². The summed E-state index contributed by atoms with van der Waals surface area (Å²) in [5, 5.41) is 6.48. The van der Waals surface area contributed by atoms with E-state index in [-0.39, 0.29) is 0 Å². The lowest BCUT2D eigenvalue weighted by Gasteiger charge is -2.17. The molecule has 0 aliphatic heterocycles. The van der Waals surface area contributed by atoms with Gasteiger partial charge in [-0.1, -0.05) is 43.7 Å². The summed E-state index contributed by atoms with van der Waals surface area (Å²) in [5.41, 5.74) is 1.33. The average molecular weight is 232 g/mol. The number of anilines is 1. The summed E-state index contributed by atoms with van der Waals surface area (Å²) >= 11 is 1.65. The highest BCUT2D eigenvalue weighted by molar-refractivity contribution is 7.13. The third-order valence-corrected chi connectivity index (χ3v) is 3.21. The van der Waals surface area contributed by atoms with Gasteiger partial charge in [0, 0.05) is 11.6 Å². The first-order valence-electron chi connectivity index (χ1n) is 5.61. The fraction of sp³-hybridized carbons (Fsp3) is 0.308. The van der Waals surface area contributed by atoms with Crippen molar-refractivity contribution in [3.8, 4) is 0 Å². The van der Waals surface area contributed by atoms with Crippen LogP contribution in [-0.4, -0.2) is 4.98 Å². The van der Waals surface area contributed by atoms with Gasteiger partial charge in [0.2, 0.25) is 0 Å². The first-order chi connectivity index (χ1) is 7.90. The molecule has 1 aromatic carbocycles. The second-order valence-electron chi connectivity index (χ2n) is 3.73. The van der Waals surface area contributed by atoms with Crippen molar-refractivity contribution in [2.75, 3.05) is 5.32 Å². The molecule has 1 aromatic heterocycles. The molecule has 16 heavy (non-hydrogen) atoms. The first-order valence-corrected chi connectivity index (χ1v) is 6.49. The molecule has 0 saturated carbocycles. The van der Waals surface area contributed by atoms with Crippen LogP contribution in [0, 0.1) is 0 Å². The lowest BCUT2D eigenvalue weighted by molar-refractivity contribution is 0.677. The molecule has 0 spiro atoms. The van der Waals surface area contributed by atoms with Crippen LogP contribution in [-0.2, 0) is 0 Å². The van der Waals surface area contributed by atoms with Crippen molar-refractivity contribution in [1.82, 2.24) is 4.98 Å². The maximum atomic E-state index is 4.27. The van der Waals surface area contributed by atoms with E-state index >= 15 is 0 Å². The zero-order chi connectivity index (χ0) is 11.2. The molecule has 0 radical (unpaired) electrons. The van der Waals surface area contributed by atoms with Crippen LogP contribution >= 0.6 is 11.3 Å². The minimum atomic E-state index is 0.373. The van der Waals surface area contributed by atoms with Gasteiger partial charge in [0.25, 0.3) is 0 Å². The monoisotopic (exact) mass is 232 g/mol. The highest BCUT2D eigenvalue weighted by Gasteiger charge is 2.10. The fourth-order valence-corrected chi connectivity index (χ4v) is 2.32. The quantitative estimate of drug-likeness (QED) is 0.839. The number of hydrogen-bond donors (Lipinski definition) is 1. The Morgan fingerprint density at radius 1 is 1.31 bits per heavy atom. The van der Waals surface area contributed by atoms with Gasteiger partial charge in [-0.15, -0.1) is 11.3 Å². The normalized spacial score (nSPS) is 12.3. The van der Waals surface area contributed by atoms with E-state index < -0.39 is 0 Å². The summed E-state index contributed by atoms with van der Waals surface area (Å²) in [6.07, 6.45) is 4.13. The largest absolute Gasteiger partial charge is 0.355 e. The summed E-state index contributed by atoms with van der Waals surface area (Å²) in [5.74, 6) is 0. The minimum absolute atomic E-state index is 0.373. The molecular formula is C13H16N2S. The number of aromatic nitrogens is 1. The van der Waals surface area contributed by atoms with E-state index in [0.717, 1.165) is 18.0 Å². The molecule has 0 fully saturated rings. The van der Waals surface area contributed by atoms with Gasteiger partial charge in [0.1, 0.15) is 0 Å². The molecule has 1 heterocycles. The Bertz CT molecular complexity index is 397. The van der Waals surface area contributed by atoms with Crippen LogP contribution in [0.4, 0.5) is 5.13 Å². The van der Waals surface area contributed by atoms with E-state index in [1.165, 1.54) is 5.56 Å². The van der Waals surface area contributed by atoms with Gasteiger partial charge in [-0.3, -0.25) is 0 Å². The number of benzene rings is 1. The summed E-state index contributed by atoms with van der Waals surface area (Å²) in [6, 6.07) is 10.9. The van der Waals surface area contributed by atoms with Crippen LogP contribution in [0.2, 0.25) is 0 Å². The first kappa shape index (κ1) is 11.1. The van der Waals surface area contributed by atoms with Crippen LogP contribution in [0.25, 0.3) is 0 Å². The Labute approximate surface area is 100 Å². The van der Waals surface area contributed by atoms with E-state index in [4.69, 9.17) is 0 Å². The molecule has 2 nitrogen and oxygen atoms in total. The number of nitrogens with one attached hydrogen (secondary N) is 1. The summed E-state index contributed by atoms with van der Waals surface area (Å²) in [7, 11) is 0. The summed E-state index contributed by atoms with van der Waals surface area (Å²) < 4.78 is 0. The Hall–Kier alpha value is -1.35. The topological polar surface area (TPSA) is 24.9 Å². The van der Waals surface area contributed by atoms with Gasteiger partial charge in [-0.05, 0) is 12.0 Å². The Morgan fingerprint density at radius 2 is 2.12 bits per heavy atom. The van der Waals surface area contributed by atoms with Crippen LogP contribution in [0.3, 0.4) is 0 Å². The summed E-state index contributed by atoms with van der Waals surface area (Å²) in [6.45, 7) is 2.21. The average Bonchev–Trinajstić information content (AvgIpc) is 2.83. The van der Waals surface area contributed by atoms with Crippen molar-refractivity contribution in [1.29, 1.82) is 0 Å². The van der Waals surface area contributed by atoms with Crippen LogP contribution < -0.4 is 5.32 Å². The van der Waals surface area contributed by atoms with E-state index in [1.54, 1.807) is 11.3 Å². The van der Waals surface area contributed by atoms with Crippen molar-refractivity contribution < 1.29 is 0 Å². The van der Waals surface area contributed by atoms with E-state index in [9.17, 15) is 0 Å². The predicted octanol–water partition coefficient (Wildman–Crippen LogP) is 4.10. The fourth-order valence-electron chi connectivity index (χ4n) is 1.74. The molecular weight excluding hydrogens is 216 g/mol. The molecule has 1 atom stereocenters. The standard InChI is InChI=1S/C13H16N2S/c1-2-6-12(11-7-4-3-5-8-11)15-13-14-9-10-16-13/h3-5,7-10,12H,2,6H2,1H3,(H,14,15). The van der Waals surface area contributed by atoms with Gasteiger partial charge in [0.05, 0.1) is 6.04 Å². The van der Waals surface area contributed by atoms with Gasteiger partial charge >= 0.3 is 0 Å². The number of hydrogen-bond acceptors (Lipinski definition) is 3. The smallest absolute Gasteiger partial charge is 0.183 e. The van der Waals surface area contributed by atoms with E-state index in [1.807, 2.05) is 11.6 Å². The molecule has 2 rings (SSSR count). The molecule has 0 aliphatic carbocycles. The molecule has 2 aromatic rings. The Balaban J connectivity index is 2.11. The van der Waals surface area contributed by atoms with Crippen LogP contribution in [0.5, 0.6) is 0 Å². The molecule has 1 N–H and O–H groups in total. The van der Waals surface area contributed by atoms with Gasteiger partial charge in [-0.25, -0.2) is 4.98 Å². The zero-order valence-corrected chi connectivity index (χ0v) is 10.2. The van der Waals surface area contributed by atoms with Crippen molar-refractivity contribution in [3.63, 3.8) is 0 Å². The predicted molar refractivity (Wildman–Crippen MR) is 69.8 cm³/mol. The molecule has 3 heteroatoms. The Kier molecular flexibility index (Phi) is 3.94. The SMILES string of the molecule is CCCC(Nc1nccs1)c1ccccc1. The van der Waals surface area contributed by atoms with E-state index in [2.05, 4.69) is 47.6 Å². The number of rotatable bonds is 5. The van der Waals surface area contributed by atoms with E-state index in [0.29, 0.717) is 6.04 Å². The lowest BCUT2D eigenvalue weighted by atomic mass is 10.0. The molecule has 0 aliphatic rings. The number of nitrogens with zero attached hydrogens (tertiary/aromatic N) is 1. The molecule has 0 saturated heterocycles. The van der Waals surface area contributed by atoms with Crippen LogP contribution in [0.1, 0.15) is 31.4 Å². The van der Waals surface area contributed by atoms with Crippen molar-refractivity contribution >= 4 is 16.5 Å². The summed E-state index contributed by atoms with van der Waals surface area (Å²) in [4.78, 5) is 4.27. The second kappa shape index (κ2) is 5.66. The third kappa shape index (κ3) is 2.83. The zero-order valence-electron chi connectivity index (χ0n) is 9.39. The lowest BCUT2D eigenvalue weighted by Crippen LogP contribution is -2.10. The molecule has 0 amide bonds. The Morgan fingerprint density at radius 3 is 2.75 bits per heavy atom. The molecule has 84 valence electrons. The van der Waals surface area contributed by atoms with Crippen molar-refractivity contribution in [3.05, 3.63) is 47.5 Å². The second-order valence-corrected chi connectivity index (χ2v) is 4.63. The minimum Gasteiger partial charge on any atom is -0.355 e. The maximum absolute atomic E-state index is 4.27. The van der Waals surface area contributed by atoms with Gasteiger partial charge in [-0.2, -0.15) is 0 Å².